The van der Waals surface area contributed by atoms with Crippen LogP contribution in [0, 0.1) is 6.08 Å². The number of imidazole rings is 1. The first kappa shape index (κ1) is 17.1. The second kappa shape index (κ2) is 6.27. The van der Waals surface area contributed by atoms with E-state index in [0.717, 1.165) is 23.9 Å². The molecule has 1 aliphatic rings. The van der Waals surface area contributed by atoms with Gasteiger partial charge in [0.15, 0.2) is 11.5 Å². The van der Waals surface area contributed by atoms with Gasteiger partial charge in [0, 0.05) is 11.7 Å². The molecule has 1 atom stereocenters. The van der Waals surface area contributed by atoms with Crippen molar-refractivity contribution >= 4 is 39.4 Å². The van der Waals surface area contributed by atoms with Gasteiger partial charge < -0.3 is 14.9 Å². The molecule has 142 valence electrons. The molecule has 4 aromatic rings. The lowest BCUT2D eigenvalue weighted by molar-refractivity contribution is 0.543. The zero-order valence-corrected chi connectivity index (χ0v) is 15.7. The highest BCUT2D eigenvalue weighted by molar-refractivity contribution is 6.35. The highest BCUT2D eigenvalue weighted by atomic mass is 35.5. The molecule has 2 N–H and O–H groups in total. The molecule has 3 heterocycles. The van der Waals surface area contributed by atoms with Crippen molar-refractivity contribution in [3.63, 3.8) is 0 Å². The number of rotatable bonds is 4. The van der Waals surface area contributed by atoms with E-state index in [9.17, 15) is 9.18 Å². The van der Waals surface area contributed by atoms with Gasteiger partial charge in [-0.2, -0.15) is 14.4 Å². The van der Waals surface area contributed by atoms with Gasteiger partial charge in [0.1, 0.15) is 5.52 Å². The summed E-state index contributed by atoms with van der Waals surface area (Å²) in [5.74, 6) is 0.275. The lowest BCUT2D eigenvalue weighted by atomic mass is 10.1. The molecule has 0 amide bonds. The van der Waals surface area contributed by atoms with E-state index in [0.29, 0.717) is 21.6 Å². The number of pyridine rings is 1. The minimum atomic E-state index is -0.851. The van der Waals surface area contributed by atoms with Gasteiger partial charge >= 0.3 is 6.08 Å². The maximum Gasteiger partial charge on any atom is 0.312 e. The molecule has 7 nitrogen and oxygen atoms in total. The molecule has 9 heteroatoms. The van der Waals surface area contributed by atoms with Crippen LogP contribution in [0.1, 0.15) is 37.5 Å². The average Bonchev–Trinajstić information content (AvgIpc) is 3.38. The van der Waals surface area contributed by atoms with Crippen LogP contribution in [0.3, 0.4) is 0 Å². The number of H-pyrrole nitrogens is 1. The molecule has 1 aliphatic carbocycles. The lowest BCUT2D eigenvalue weighted by Gasteiger charge is -2.21. The van der Waals surface area contributed by atoms with E-state index in [1.807, 2.05) is 25.1 Å². The Morgan fingerprint density at radius 2 is 2.18 bits per heavy atom. The van der Waals surface area contributed by atoms with Crippen molar-refractivity contribution in [3.05, 3.63) is 57.7 Å². The average molecular weight is 399 g/mol. The maximum absolute atomic E-state index is 13.8. The summed E-state index contributed by atoms with van der Waals surface area (Å²) >= 11 is 6.29. The van der Waals surface area contributed by atoms with E-state index in [-0.39, 0.29) is 23.5 Å². The summed E-state index contributed by atoms with van der Waals surface area (Å²) in [5, 5.41) is 4.93. The second-order valence-electron chi connectivity index (χ2n) is 6.99. The molecular formula is C19H16ClFN6O. The Bertz CT molecular complexity index is 1280. The van der Waals surface area contributed by atoms with Crippen LogP contribution in [0.4, 0.5) is 10.2 Å². The van der Waals surface area contributed by atoms with Crippen LogP contribution in [0.5, 0.6) is 0 Å². The number of nitrogens with one attached hydrogen (secondary N) is 2. The summed E-state index contributed by atoms with van der Waals surface area (Å²) in [4.78, 5) is 27.7. The van der Waals surface area contributed by atoms with Crippen molar-refractivity contribution < 1.29 is 4.39 Å². The summed E-state index contributed by atoms with van der Waals surface area (Å²) in [5.41, 5.74) is 1.45. The highest BCUT2D eigenvalue weighted by Gasteiger charge is 2.30. The molecule has 1 fully saturated rings. The normalized spacial score (nSPS) is 15.2. The lowest BCUT2D eigenvalue weighted by Crippen LogP contribution is -2.26. The molecule has 0 spiro atoms. The fourth-order valence-corrected chi connectivity index (χ4v) is 3.85. The number of nitrogens with zero attached hydrogens (tertiary/aromatic N) is 4. The van der Waals surface area contributed by atoms with E-state index in [4.69, 9.17) is 11.6 Å². The number of fused-ring (bicyclic) bond motifs is 2. The van der Waals surface area contributed by atoms with Crippen molar-refractivity contribution in [2.75, 3.05) is 5.32 Å². The second-order valence-corrected chi connectivity index (χ2v) is 7.39. The third-order valence-corrected chi connectivity index (χ3v) is 5.34. The van der Waals surface area contributed by atoms with Crippen LogP contribution in [0.15, 0.2) is 35.4 Å². The summed E-state index contributed by atoms with van der Waals surface area (Å²) < 4.78 is 15.6. The third-order valence-electron chi connectivity index (χ3n) is 5.02. The van der Waals surface area contributed by atoms with Gasteiger partial charge in [-0.15, -0.1) is 0 Å². The predicted octanol–water partition coefficient (Wildman–Crippen LogP) is 3.97. The van der Waals surface area contributed by atoms with Crippen molar-refractivity contribution in [1.29, 1.82) is 0 Å². The summed E-state index contributed by atoms with van der Waals surface area (Å²) in [6.45, 7) is 1.91. The molecule has 28 heavy (non-hydrogen) atoms. The van der Waals surface area contributed by atoms with Crippen LogP contribution in [-0.2, 0) is 0 Å². The molecule has 0 aliphatic heterocycles. The Hall–Kier alpha value is -3.00. The zero-order valence-electron chi connectivity index (χ0n) is 14.9. The van der Waals surface area contributed by atoms with E-state index >= 15 is 0 Å². The van der Waals surface area contributed by atoms with Crippen molar-refractivity contribution in [1.82, 2.24) is 24.5 Å². The van der Waals surface area contributed by atoms with Gasteiger partial charge in [0.25, 0.3) is 5.56 Å². The topological polar surface area (TPSA) is 88.5 Å². The highest BCUT2D eigenvalue weighted by Crippen LogP contribution is 2.37. The molecule has 0 saturated heterocycles. The van der Waals surface area contributed by atoms with Crippen LogP contribution >= 0.6 is 11.6 Å². The van der Waals surface area contributed by atoms with Gasteiger partial charge in [0.2, 0.25) is 0 Å². The smallest absolute Gasteiger partial charge is 0.312 e. The van der Waals surface area contributed by atoms with Crippen molar-refractivity contribution in [2.45, 2.75) is 31.8 Å². The maximum atomic E-state index is 13.8. The molecule has 1 saturated carbocycles. The fourth-order valence-electron chi connectivity index (χ4n) is 3.58. The van der Waals surface area contributed by atoms with Crippen LogP contribution in [0.25, 0.3) is 21.9 Å². The first-order chi connectivity index (χ1) is 13.5. The number of hydrogen-bond acceptors (Lipinski definition) is 5. The Morgan fingerprint density at radius 1 is 1.36 bits per heavy atom. The number of aromatic nitrogens is 5. The van der Waals surface area contributed by atoms with Gasteiger partial charge in [0.05, 0.1) is 22.8 Å². The van der Waals surface area contributed by atoms with Gasteiger partial charge in [-0.25, -0.2) is 4.98 Å². The third kappa shape index (κ3) is 2.72. The van der Waals surface area contributed by atoms with Crippen molar-refractivity contribution in [3.8, 4) is 0 Å². The standard InChI is InChI=1S/C19H16ClFN6O/c1-9(24-17-15-16(23-8-22-15)25-19(21)26-17)13-7-10-3-2-4-12(20)14(10)18(28)27(13)11-5-6-11/h2-4,7-9,11H,5-6H2,1H3,(H2,22,23,24,25,26)/t9-/m0/s1. The molecule has 0 radical (unpaired) electrons. The zero-order chi connectivity index (χ0) is 19.4. The Kier molecular flexibility index (Phi) is 3.83. The van der Waals surface area contributed by atoms with E-state index in [1.54, 1.807) is 10.6 Å². The fraction of sp³-hybridized carbons (Fsp3) is 0.263. The molecular weight excluding hydrogens is 383 g/mol. The van der Waals surface area contributed by atoms with Gasteiger partial charge in [-0.1, -0.05) is 23.7 Å². The summed E-state index contributed by atoms with van der Waals surface area (Å²) in [7, 11) is 0. The minimum Gasteiger partial charge on any atom is -0.360 e. The largest absolute Gasteiger partial charge is 0.360 e. The first-order valence-electron chi connectivity index (χ1n) is 8.99. The number of benzene rings is 1. The molecule has 5 rings (SSSR count). The van der Waals surface area contributed by atoms with Crippen LogP contribution in [0.2, 0.25) is 5.02 Å². The Balaban J connectivity index is 1.65. The number of halogens is 2. The monoisotopic (exact) mass is 398 g/mol. The molecule has 1 aromatic carbocycles. The van der Waals surface area contributed by atoms with E-state index in [1.165, 1.54) is 6.33 Å². The van der Waals surface area contributed by atoms with Crippen LogP contribution in [-0.4, -0.2) is 24.5 Å². The molecule has 3 aromatic heterocycles. The first-order valence-corrected chi connectivity index (χ1v) is 9.37. The van der Waals surface area contributed by atoms with E-state index < -0.39 is 6.08 Å². The van der Waals surface area contributed by atoms with Crippen molar-refractivity contribution in [2.24, 2.45) is 0 Å². The molecule has 0 unspecified atom stereocenters. The van der Waals surface area contributed by atoms with Gasteiger partial charge in [-0.3, -0.25) is 4.79 Å². The summed E-state index contributed by atoms with van der Waals surface area (Å²) in [6.07, 6.45) is 2.48. The predicted molar refractivity (Wildman–Crippen MR) is 105 cm³/mol. The van der Waals surface area contributed by atoms with Gasteiger partial charge in [-0.05, 0) is 37.3 Å². The summed E-state index contributed by atoms with van der Waals surface area (Å²) in [6, 6.07) is 7.21. The Morgan fingerprint density at radius 3 is 2.96 bits per heavy atom. The Labute approximate surface area is 163 Å². The minimum absolute atomic E-state index is 0.104. The van der Waals surface area contributed by atoms with E-state index in [2.05, 4.69) is 25.3 Å². The number of anilines is 1. The van der Waals surface area contributed by atoms with Crippen LogP contribution < -0.4 is 10.9 Å². The molecule has 0 bridgehead atoms. The SMILES string of the molecule is C[C@H](Nc1nc(F)nc2[nH]cnc12)c1cc2cccc(Cl)c2c(=O)n1C1CC1. The number of hydrogen-bond donors (Lipinski definition) is 2. The quantitative estimate of drug-likeness (QED) is 0.508. The number of aromatic amines is 1.